The Kier molecular flexibility index (Phi) is 5.74. The zero-order valence-corrected chi connectivity index (χ0v) is 12.9. The average molecular weight is 311 g/mol. The molecular weight excluding hydrogens is 290 g/mol. The second kappa shape index (κ2) is 7.98. The summed E-state index contributed by atoms with van der Waals surface area (Å²) in [5.41, 5.74) is 14.6. The lowest BCUT2D eigenvalue weighted by Gasteiger charge is -2.05. The van der Waals surface area contributed by atoms with Gasteiger partial charge in [0.05, 0.1) is 0 Å². The molecule has 0 aromatic heterocycles. The maximum atomic E-state index is 11.8. The number of hydrogen-bond donors (Lipinski definition) is 3. The highest BCUT2D eigenvalue weighted by Crippen LogP contribution is 2.09. The lowest BCUT2D eigenvalue weighted by atomic mass is 10.1. The van der Waals surface area contributed by atoms with Crippen LogP contribution in [0.4, 0.5) is 11.4 Å². The number of carbonyl (C=O) groups excluding carboxylic acids is 2. The molecule has 0 heterocycles. The minimum Gasteiger partial charge on any atom is -0.399 e. The van der Waals surface area contributed by atoms with E-state index in [2.05, 4.69) is 5.32 Å². The van der Waals surface area contributed by atoms with Crippen LogP contribution in [-0.4, -0.2) is 11.8 Å². The van der Waals surface area contributed by atoms with Crippen LogP contribution in [0.15, 0.2) is 48.5 Å². The Balaban J connectivity index is 1.70. The number of nitrogen functional groups attached to an aromatic ring is 2. The van der Waals surface area contributed by atoms with E-state index in [0.717, 1.165) is 11.1 Å². The van der Waals surface area contributed by atoms with Gasteiger partial charge in [-0.05, 0) is 48.2 Å². The number of nitrogens with two attached hydrogens (primary N) is 2. The van der Waals surface area contributed by atoms with Crippen LogP contribution < -0.4 is 16.8 Å². The average Bonchev–Trinajstić information content (AvgIpc) is 2.54. The van der Waals surface area contributed by atoms with Crippen LogP contribution in [0.2, 0.25) is 0 Å². The summed E-state index contributed by atoms with van der Waals surface area (Å²) in [6.07, 6.45) is 1.71. The first-order valence-corrected chi connectivity index (χ1v) is 7.54. The third-order valence-corrected chi connectivity index (χ3v) is 3.52. The summed E-state index contributed by atoms with van der Waals surface area (Å²) in [6.45, 7) is 0. The SMILES string of the molecule is Nc1ccc(CCC(=O)NC(=O)CCc2ccc(N)cc2)cc1. The molecule has 0 aliphatic rings. The standard InChI is InChI=1S/C18H21N3O2/c19-15-7-1-13(2-8-15)5-11-17(22)21-18(23)12-6-14-3-9-16(20)10-4-14/h1-4,7-10H,5-6,11-12,19-20H2,(H,21,22,23). The first-order valence-electron chi connectivity index (χ1n) is 7.54. The van der Waals surface area contributed by atoms with Gasteiger partial charge in [-0.15, -0.1) is 0 Å². The molecule has 0 saturated heterocycles. The maximum Gasteiger partial charge on any atom is 0.226 e. The number of anilines is 2. The van der Waals surface area contributed by atoms with Gasteiger partial charge < -0.3 is 11.5 Å². The minimum atomic E-state index is -0.260. The first kappa shape index (κ1) is 16.5. The highest BCUT2D eigenvalue weighted by molar-refractivity contribution is 5.95. The van der Waals surface area contributed by atoms with Crippen LogP contribution in [0.5, 0.6) is 0 Å². The van der Waals surface area contributed by atoms with Crippen LogP contribution in [0.1, 0.15) is 24.0 Å². The van der Waals surface area contributed by atoms with E-state index in [1.807, 2.05) is 24.3 Å². The molecule has 2 rings (SSSR count). The molecule has 2 aromatic rings. The molecule has 0 aliphatic carbocycles. The van der Waals surface area contributed by atoms with Gasteiger partial charge >= 0.3 is 0 Å². The van der Waals surface area contributed by atoms with Crippen LogP contribution in [0.25, 0.3) is 0 Å². The van der Waals surface area contributed by atoms with Gasteiger partial charge in [0.1, 0.15) is 0 Å². The number of imide groups is 1. The molecule has 5 nitrogen and oxygen atoms in total. The van der Waals surface area contributed by atoms with Crippen molar-refractivity contribution in [1.29, 1.82) is 0 Å². The maximum absolute atomic E-state index is 11.8. The predicted molar refractivity (Wildman–Crippen MR) is 91.5 cm³/mol. The van der Waals surface area contributed by atoms with E-state index in [9.17, 15) is 9.59 Å². The van der Waals surface area contributed by atoms with Crippen LogP contribution in [0.3, 0.4) is 0 Å². The lowest BCUT2D eigenvalue weighted by molar-refractivity contribution is -0.130. The molecule has 0 spiro atoms. The van der Waals surface area contributed by atoms with Crippen molar-refractivity contribution >= 4 is 23.2 Å². The fourth-order valence-electron chi connectivity index (χ4n) is 2.16. The number of carbonyl (C=O) groups is 2. The molecule has 0 radical (unpaired) electrons. The van der Waals surface area contributed by atoms with Gasteiger partial charge in [0.15, 0.2) is 0 Å². The summed E-state index contributed by atoms with van der Waals surface area (Å²) in [5, 5.41) is 2.42. The van der Waals surface area contributed by atoms with E-state index >= 15 is 0 Å². The molecular formula is C18H21N3O2. The Labute approximate surface area is 135 Å². The largest absolute Gasteiger partial charge is 0.399 e. The Morgan fingerprint density at radius 3 is 1.39 bits per heavy atom. The number of amides is 2. The van der Waals surface area contributed by atoms with E-state index in [4.69, 9.17) is 11.5 Å². The van der Waals surface area contributed by atoms with Crippen LogP contribution >= 0.6 is 0 Å². The summed E-state index contributed by atoms with van der Waals surface area (Å²) in [5.74, 6) is -0.520. The molecule has 2 aromatic carbocycles. The van der Waals surface area contributed by atoms with Crippen molar-refractivity contribution in [3.05, 3.63) is 59.7 Å². The van der Waals surface area contributed by atoms with E-state index < -0.39 is 0 Å². The van der Waals surface area contributed by atoms with Crippen molar-refractivity contribution in [2.75, 3.05) is 11.5 Å². The van der Waals surface area contributed by atoms with Crippen molar-refractivity contribution in [3.63, 3.8) is 0 Å². The molecule has 5 heteroatoms. The summed E-state index contributed by atoms with van der Waals surface area (Å²) in [6, 6.07) is 14.7. The fourth-order valence-corrected chi connectivity index (χ4v) is 2.16. The van der Waals surface area contributed by atoms with Gasteiger partial charge in [-0.3, -0.25) is 14.9 Å². The third-order valence-electron chi connectivity index (χ3n) is 3.52. The topological polar surface area (TPSA) is 98.2 Å². The highest BCUT2D eigenvalue weighted by Gasteiger charge is 2.08. The second-order valence-electron chi connectivity index (χ2n) is 5.45. The molecule has 5 N–H and O–H groups in total. The Bertz CT molecular complexity index is 604. The number of rotatable bonds is 6. The molecule has 0 aliphatic heterocycles. The molecule has 0 saturated carbocycles. The van der Waals surface area contributed by atoms with E-state index in [1.54, 1.807) is 24.3 Å². The summed E-state index contributed by atoms with van der Waals surface area (Å²) in [7, 11) is 0. The van der Waals surface area contributed by atoms with Gasteiger partial charge in [0, 0.05) is 24.2 Å². The van der Waals surface area contributed by atoms with Gasteiger partial charge in [-0.25, -0.2) is 0 Å². The van der Waals surface area contributed by atoms with Crippen molar-refractivity contribution < 1.29 is 9.59 Å². The number of aryl methyl sites for hydroxylation is 2. The smallest absolute Gasteiger partial charge is 0.226 e. The monoisotopic (exact) mass is 311 g/mol. The molecule has 0 fully saturated rings. The van der Waals surface area contributed by atoms with Crippen LogP contribution in [0, 0.1) is 0 Å². The van der Waals surface area contributed by atoms with Crippen molar-refractivity contribution in [2.24, 2.45) is 0 Å². The van der Waals surface area contributed by atoms with Crippen LogP contribution in [-0.2, 0) is 22.4 Å². The van der Waals surface area contributed by atoms with E-state index in [-0.39, 0.29) is 24.7 Å². The van der Waals surface area contributed by atoms with Gasteiger partial charge in [-0.1, -0.05) is 24.3 Å². The van der Waals surface area contributed by atoms with Gasteiger partial charge in [0.2, 0.25) is 11.8 Å². The Morgan fingerprint density at radius 2 is 1.04 bits per heavy atom. The highest BCUT2D eigenvalue weighted by atomic mass is 16.2. The Morgan fingerprint density at radius 1 is 0.696 bits per heavy atom. The molecule has 0 bridgehead atoms. The molecule has 120 valence electrons. The van der Waals surface area contributed by atoms with E-state index in [0.29, 0.717) is 24.2 Å². The number of hydrogen-bond acceptors (Lipinski definition) is 4. The number of nitrogens with one attached hydrogen (secondary N) is 1. The zero-order chi connectivity index (χ0) is 16.7. The second-order valence-corrected chi connectivity index (χ2v) is 5.45. The summed E-state index contributed by atoms with van der Waals surface area (Å²) in [4.78, 5) is 23.6. The minimum absolute atomic E-state index is 0.260. The first-order chi connectivity index (χ1) is 11.0. The zero-order valence-electron chi connectivity index (χ0n) is 12.9. The predicted octanol–water partition coefficient (Wildman–Crippen LogP) is 2.06. The quantitative estimate of drug-likeness (QED) is 0.711. The number of benzene rings is 2. The van der Waals surface area contributed by atoms with Crippen molar-refractivity contribution in [2.45, 2.75) is 25.7 Å². The molecule has 23 heavy (non-hydrogen) atoms. The van der Waals surface area contributed by atoms with Crippen molar-refractivity contribution in [3.8, 4) is 0 Å². The molecule has 2 amide bonds. The lowest BCUT2D eigenvalue weighted by Crippen LogP contribution is -2.30. The summed E-state index contributed by atoms with van der Waals surface area (Å²) >= 11 is 0. The summed E-state index contributed by atoms with van der Waals surface area (Å²) < 4.78 is 0. The van der Waals surface area contributed by atoms with Gasteiger partial charge in [-0.2, -0.15) is 0 Å². The Hall–Kier alpha value is -2.82. The third kappa shape index (κ3) is 5.82. The normalized spacial score (nSPS) is 10.3. The van der Waals surface area contributed by atoms with Crippen molar-refractivity contribution in [1.82, 2.24) is 5.32 Å². The molecule has 0 unspecified atom stereocenters. The molecule has 0 atom stereocenters. The fraction of sp³-hybridized carbons (Fsp3) is 0.222. The van der Waals surface area contributed by atoms with Gasteiger partial charge in [0.25, 0.3) is 0 Å². The van der Waals surface area contributed by atoms with E-state index in [1.165, 1.54) is 0 Å².